The molecule has 0 aliphatic carbocycles. The monoisotopic (exact) mass is 433 g/mol. The first-order chi connectivity index (χ1) is 15.4. The molecule has 0 saturated carbocycles. The smallest absolute Gasteiger partial charge is 0.325 e. The number of carbonyl (C=O) groups excluding carboxylic acids is 3. The zero-order chi connectivity index (χ0) is 22.7. The lowest BCUT2D eigenvalue weighted by molar-refractivity contribution is -0.128. The number of carbonyl (C=O) groups is 3. The third-order valence-electron chi connectivity index (χ3n) is 5.37. The molecule has 0 spiro atoms. The number of urea groups is 1. The third kappa shape index (κ3) is 4.96. The molecule has 1 atom stereocenters. The molecule has 3 N–H and O–H groups in total. The Morgan fingerprint density at radius 2 is 1.94 bits per heavy atom. The van der Waals surface area contributed by atoms with Crippen molar-refractivity contribution < 1.29 is 14.4 Å². The van der Waals surface area contributed by atoms with Gasteiger partial charge in [-0.25, -0.2) is 9.78 Å². The molecular formula is C24H27N5O3. The van der Waals surface area contributed by atoms with Crippen LogP contribution in [0, 0.1) is 5.92 Å². The summed E-state index contributed by atoms with van der Waals surface area (Å²) in [6.45, 7) is 4.49. The number of amides is 4. The summed E-state index contributed by atoms with van der Waals surface area (Å²) in [5, 5.41) is 5.54. The maximum atomic E-state index is 12.6. The van der Waals surface area contributed by atoms with Gasteiger partial charge in [0.05, 0.1) is 17.6 Å². The van der Waals surface area contributed by atoms with E-state index < -0.39 is 12.1 Å². The average Bonchev–Trinajstić information content (AvgIpc) is 3.27. The largest absolute Gasteiger partial charge is 0.342 e. The van der Waals surface area contributed by atoms with Gasteiger partial charge in [-0.05, 0) is 36.1 Å². The Hall–Kier alpha value is -3.68. The van der Waals surface area contributed by atoms with Crippen molar-refractivity contribution in [2.75, 3.05) is 5.32 Å². The Balaban J connectivity index is 1.32. The molecular weight excluding hydrogens is 406 g/mol. The first kappa shape index (κ1) is 21.5. The van der Waals surface area contributed by atoms with Gasteiger partial charge in [0.1, 0.15) is 11.9 Å². The topological polar surface area (TPSA) is 107 Å². The summed E-state index contributed by atoms with van der Waals surface area (Å²) in [6.07, 6.45) is 1.22. The van der Waals surface area contributed by atoms with E-state index in [1.165, 1.54) is 4.90 Å². The van der Waals surface area contributed by atoms with E-state index in [9.17, 15) is 14.4 Å². The van der Waals surface area contributed by atoms with Crippen molar-refractivity contribution >= 4 is 34.6 Å². The summed E-state index contributed by atoms with van der Waals surface area (Å²) < 4.78 is 0. The number of aromatic amines is 1. The molecule has 1 unspecified atom stereocenters. The minimum absolute atomic E-state index is 0.121. The maximum Gasteiger partial charge on any atom is 0.325 e. The zero-order valence-electron chi connectivity index (χ0n) is 18.2. The molecule has 1 fully saturated rings. The van der Waals surface area contributed by atoms with Crippen LogP contribution in [-0.2, 0) is 22.6 Å². The van der Waals surface area contributed by atoms with Gasteiger partial charge in [-0.15, -0.1) is 0 Å². The van der Waals surface area contributed by atoms with Crippen LogP contribution in [-0.4, -0.2) is 38.8 Å². The summed E-state index contributed by atoms with van der Waals surface area (Å²) in [5.41, 5.74) is 3.26. The lowest BCUT2D eigenvalue weighted by Gasteiger charge is -2.13. The number of nitrogens with zero attached hydrogens (tertiary/aromatic N) is 2. The number of hydrogen-bond donors (Lipinski definition) is 3. The fourth-order valence-corrected chi connectivity index (χ4v) is 3.81. The van der Waals surface area contributed by atoms with Crippen molar-refractivity contribution in [3.8, 4) is 0 Å². The Labute approximate surface area is 186 Å². The molecule has 2 heterocycles. The number of imidazole rings is 1. The molecule has 4 rings (SSSR count). The summed E-state index contributed by atoms with van der Waals surface area (Å²) in [7, 11) is 0. The van der Waals surface area contributed by atoms with Gasteiger partial charge in [0.2, 0.25) is 5.91 Å². The van der Waals surface area contributed by atoms with Gasteiger partial charge in [0.15, 0.2) is 0 Å². The summed E-state index contributed by atoms with van der Waals surface area (Å²) in [4.78, 5) is 46.3. The van der Waals surface area contributed by atoms with Crippen LogP contribution in [0.1, 0.15) is 38.1 Å². The second-order valence-corrected chi connectivity index (χ2v) is 8.51. The number of H-pyrrole nitrogens is 1. The van der Waals surface area contributed by atoms with Crippen LogP contribution in [0.3, 0.4) is 0 Å². The van der Waals surface area contributed by atoms with Crippen molar-refractivity contribution in [1.82, 2.24) is 20.2 Å². The zero-order valence-corrected chi connectivity index (χ0v) is 18.2. The van der Waals surface area contributed by atoms with Crippen LogP contribution >= 0.6 is 0 Å². The molecule has 1 aromatic heterocycles. The van der Waals surface area contributed by atoms with Crippen LogP contribution in [0.4, 0.5) is 10.5 Å². The maximum absolute atomic E-state index is 12.6. The highest BCUT2D eigenvalue weighted by Crippen LogP contribution is 2.20. The van der Waals surface area contributed by atoms with Crippen molar-refractivity contribution in [3.05, 3.63) is 59.9 Å². The normalized spacial score (nSPS) is 16.1. The summed E-state index contributed by atoms with van der Waals surface area (Å²) >= 11 is 0. The van der Waals surface area contributed by atoms with Gasteiger partial charge >= 0.3 is 6.03 Å². The molecule has 8 heteroatoms. The Bertz CT molecular complexity index is 1140. The van der Waals surface area contributed by atoms with Crippen LogP contribution < -0.4 is 10.6 Å². The number of fused-ring (bicyclic) bond motifs is 1. The van der Waals surface area contributed by atoms with E-state index in [0.29, 0.717) is 11.6 Å². The van der Waals surface area contributed by atoms with Gasteiger partial charge in [0, 0.05) is 18.5 Å². The predicted molar refractivity (Wildman–Crippen MR) is 122 cm³/mol. The number of benzene rings is 2. The quantitative estimate of drug-likeness (QED) is 0.472. The molecule has 166 valence electrons. The van der Waals surface area contributed by atoms with Crippen LogP contribution in [0.25, 0.3) is 11.0 Å². The van der Waals surface area contributed by atoms with Gasteiger partial charge in [-0.2, -0.15) is 0 Å². The first-order valence-corrected chi connectivity index (χ1v) is 10.8. The number of nitrogens with one attached hydrogen (secondary N) is 3. The van der Waals surface area contributed by atoms with E-state index >= 15 is 0 Å². The molecule has 8 nitrogen and oxygen atoms in total. The molecule has 3 aromatic rings. The standard InChI is InChI=1S/C24H27N5O3/c1-15(2)12-21-26-18-9-8-17(13-20(18)27-21)25-22(30)11-10-19-23(31)29(24(32)28-19)14-16-6-4-3-5-7-16/h3-9,13,15,19H,10-12,14H2,1-2H3,(H,25,30)(H,26,27)(H,28,32). The van der Waals surface area contributed by atoms with E-state index in [2.05, 4.69) is 34.4 Å². The van der Waals surface area contributed by atoms with Gasteiger partial charge in [0.25, 0.3) is 5.91 Å². The van der Waals surface area contributed by atoms with Crippen LogP contribution in [0.15, 0.2) is 48.5 Å². The highest BCUT2D eigenvalue weighted by Gasteiger charge is 2.37. The van der Waals surface area contributed by atoms with E-state index in [1.54, 1.807) is 0 Å². The first-order valence-electron chi connectivity index (χ1n) is 10.8. The number of anilines is 1. The third-order valence-corrected chi connectivity index (χ3v) is 5.37. The molecule has 32 heavy (non-hydrogen) atoms. The van der Waals surface area contributed by atoms with Crippen molar-refractivity contribution in [2.24, 2.45) is 5.92 Å². The molecule has 4 amide bonds. The highest BCUT2D eigenvalue weighted by atomic mass is 16.2. The summed E-state index contributed by atoms with van der Waals surface area (Å²) in [6, 6.07) is 13.8. The molecule has 1 aliphatic rings. The van der Waals surface area contributed by atoms with E-state index in [0.717, 1.165) is 28.8 Å². The Morgan fingerprint density at radius 3 is 2.69 bits per heavy atom. The molecule has 0 bridgehead atoms. The number of hydrogen-bond acceptors (Lipinski definition) is 4. The van der Waals surface area contributed by atoms with E-state index in [1.807, 2.05) is 48.5 Å². The van der Waals surface area contributed by atoms with Crippen molar-refractivity contribution in [1.29, 1.82) is 0 Å². The van der Waals surface area contributed by atoms with Gasteiger partial charge in [-0.3, -0.25) is 14.5 Å². The number of aromatic nitrogens is 2. The van der Waals surface area contributed by atoms with E-state index in [4.69, 9.17) is 0 Å². The van der Waals surface area contributed by atoms with Gasteiger partial charge in [-0.1, -0.05) is 44.2 Å². The Kier molecular flexibility index (Phi) is 6.20. The summed E-state index contributed by atoms with van der Waals surface area (Å²) in [5.74, 6) is 0.907. The minimum Gasteiger partial charge on any atom is -0.342 e. The molecule has 1 saturated heterocycles. The molecule has 1 aliphatic heterocycles. The van der Waals surface area contributed by atoms with Crippen molar-refractivity contribution in [2.45, 2.75) is 45.7 Å². The van der Waals surface area contributed by atoms with Crippen molar-refractivity contribution in [3.63, 3.8) is 0 Å². The molecule has 0 radical (unpaired) electrons. The second-order valence-electron chi connectivity index (χ2n) is 8.51. The fraction of sp³-hybridized carbons (Fsp3) is 0.333. The minimum atomic E-state index is -0.689. The highest BCUT2D eigenvalue weighted by molar-refractivity contribution is 6.04. The Morgan fingerprint density at radius 1 is 1.16 bits per heavy atom. The van der Waals surface area contributed by atoms with Crippen LogP contribution in [0.5, 0.6) is 0 Å². The average molecular weight is 434 g/mol. The van der Waals surface area contributed by atoms with E-state index in [-0.39, 0.29) is 31.2 Å². The lowest BCUT2D eigenvalue weighted by atomic mass is 10.1. The molecule has 2 aromatic carbocycles. The lowest BCUT2D eigenvalue weighted by Crippen LogP contribution is -2.31. The predicted octanol–water partition coefficient (Wildman–Crippen LogP) is 3.60. The van der Waals surface area contributed by atoms with Crippen LogP contribution in [0.2, 0.25) is 0 Å². The number of imide groups is 1. The van der Waals surface area contributed by atoms with Gasteiger partial charge < -0.3 is 15.6 Å². The SMILES string of the molecule is CC(C)Cc1nc2ccc(NC(=O)CCC3NC(=O)N(Cc4ccccc4)C3=O)cc2[nH]1. The fourth-order valence-electron chi connectivity index (χ4n) is 3.81. The second kappa shape index (κ2) is 9.21. The number of rotatable bonds is 8.